The van der Waals surface area contributed by atoms with Gasteiger partial charge in [0.2, 0.25) is 0 Å². The maximum Gasteiger partial charge on any atom is 0.148 e. The maximum absolute atomic E-state index is 13.6. The summed E-state index contributed by atoms with van der Waals surface area (Å²) in [6.45, 7) is 0.999. The summed E-state index contributed by atoms with van der Waals surface area (Å²) in [5.74, 6) is -1.44. The first-order chi connectivity index (χ1) is 7.52. The van der Waals surface area contributed by atoms with Crippen molar-refractivity contribution in [3.63, 3.8) is 0 Å². The quantitative estimate of drug-likeness (QED) is 0.783. The van der Waals surface area contributed by atoms with E-state index in [1.165, 1.54) is 6.07 Å². The van der Waals surface area contributed by atoms with Crippen molar-refractivity contribution in [3.8, 4) is 0 Å². The summed E-state index contributed by atoms with van der Waals surface area (Å²) in [5, 5.41) is 12.9. The number of benzene rings is 1. The summed E-state index contributed by atoms with van der Waals surface area (Å²) >= 11 is 5.58. The predicted octanol–water partition coefficient (Wildman–Crippen LogP) is 1.89. The first kappa shape index (κ1) is 11.8. The van der Waals surface area contributed by atoms with Crippen LogP contribution >= 0.6 is 11.6 Å². The molecule has 2 rings (SSSR count). The molecule has 1 atom stereocenters. The average Bonchev–Trinajstić information content (AvgIpc) is 2.66. The van der Waals surface area contributed by atoms with E-state index in [1.807, 2.05) is 0 Å². The van der Waals surface area contributed by atoms with Crippen LogP contribution in [0.4, 0.5) is 8.78 Å². The smallest absolute Gasteiger partial charge is 0.148 e. The Morgan fingerprint density at radius 2 is 2.19 bits per heavy atom. The van der Waals surface area contributed by atoms with Crippen LogP contribution in [0.3, 0.4) is 0 Å². The Bertz CT molecular complexity index is 405. The van der Waals surface area contributed by atoms with Gasteiger partial charge in [-0.15, -0.1) is 0 Å². The number of halogens is 3. The highest BCUT2D eigenvalue weighted by Crippen LogP contribution is 2.27. The first-order valence-electron chi connectivity index (χ1n) is 5.07. The first-order valence-corrected chi connectivity index (χ1v) is 5.45. The molecule has 5 heteroatoms. The molecular weight excluding hydrogens is 236 g/mol. The second-order valence-electron chi connectivity index (χ2n) is 4.15. The number of hydrogen-bond acceptors (Lipinski definition) is 2. The summed E-state index contributed by atoms with van der Waals surface area (Å²) in [4.78, 5) is 0. The van der Waals surface area contributed by atoms with Gasteiger partial charge in [0.05, 0.1) is 10.6 Å². The van der Waals surface area contributed by atoms with E-state index in [0.717, 1.165) is 6.07 Å². The summed E-state index contributed by atoms with van der Waals surface area (Å²) in [6, 6.07) is 2.29. The van der Waals surface area contributed by atoms with E-state index in [1.54, 1.807) is 0 Å². The van der Waals surface area contributed by atoms with Crippen molar-refractivity contribution >= 4 is 11.6 Å². The molecule has 1 heterocycles. The second-order valence-corrected chi connectivity index (χ2v) is 4.56. The normalized spacial score (nSPS) is 25.0. The summed E-state index contributed by atoms with van der Waals surface area (Å²) in [7, 11) is 0. The minimum Gasteiger partial charge on any atom is -0.388 e. The minimum absolute atomic E-state index is 0.0573. The highest BCUT2D eigenvalue weighted by molar-refractivity contribution is 6.30. The zero-order valence-corrected chi connectivity index (χ0v) is 9.32. The molecule has 0 radical (unpaired) electrons. The van der Waals surface area contributed by atoms with Crippen molar-refractivity contribution in [3.05, 3.63) is 34.4 Å². The molecule has 0 amide bonds. The molecule has 0 saturated carbocycles. The molecule has 1 saturated heterocycles. The van der Waals surface area contributed by atoms with Crippen molar-refractivity contribution in [2.45, 2.75) is 18.4 Å². The predicted molar refractivity (Wildman–Crippen MR) is 57.5 cm³/mol. The lowest BCUT2D eigenvalue weighted by atomic mass is 9.93. The van der Waals surface area contributed by atoms with Gasteiger partial charge in [-0.3, -0.25) is 0 Å². The van der Waals surface area contributed by atoms with Gasteiger partial charge in [0, 0.05) is 18.5 Å². The van der Waals surface area contributed by atoms with Gasteiger partial charge >= 0.3 is 0 Å². The molecule has 0 aliphatic carbocycles. The largest absolute Gasteiger partial charge is 0.388 e. The molecule has 0 spiro atoms. The lowest BCUT2D eigenvalue weighted by Crippen LogP contribution is -2.34. The van der Waals surface area contributed by atoms with Crippen molar-refractivity contribution in [1.29, 1.82) is 0 Å². The van der Waals surface area contributed by atoms with Crippen LogP contribution < -0.4 is 5.32 Å². The van der Waals surface area contributed by atoms with Crippen LogP contribution in [0.2, 0.25) is 5.02 Å². The van der Waals surface area contributed by atoms with Crippen molar-refractivity contribution in [1.82, 2.24) is 5.32 Å². The van der Waals surface area contributed by atoms with Crippen LogP contribution in [0.25, 0.3) is 0 Å². The fourth-order valence-electron chi connectivity index (χ4n) is 1.94. The van der Waals surface area contributed by atoms with Crippen LogP contribution in [0, 0.1) is 11.6 Å². The lowest BCUT2D eigenvalue weighted by molar-refractivity contribution is 0.0600. The average molecular weight is 248 g/mol. The third kappa shape index (κ3) is 2.19. The van der Waals surface area contributed by atoms with E-state index in [2.05, 4.69) is 5.32 Å². The van der Waals surface area contributed by atoms with Gasteiger partial charge in [0.25, 0.3) is 0 Å². The van der Waals surface area contributed by atoms with E-state index in [-0.39, 0.29) is 17.0 Å². The van der Waals surface area contributed by atoms with Gasteiger partial charge in [0.15, 0.2) is 0 Å². The van der Waals surface area contributed by atoms with Crippen molar-refractivity contribution in [2.24, 2.45) is 0 Å². The van der Waals surface area contributed by atoms with Gasteiger partial charge < -0.3 is 10.4 Å². The second kappa shape index (κ2) is 4.28. The molecule has 1 aliphatic heterocycles. The van der Waals surface area contributed by atoms with Gasteiger partial charge in [-0.1, -0.05) is 11.6 Å². The Labute approximate surface area is 97.2 Å². The van der Waals surface area contributed by atoms with Gasteiger partial charge in [-0.2, -0.15) is 0 Å². The third-order valence-electron chi connectivity index (χ3n) is 2.87. The Morgan fingerprint density at radius 3 is 2.81 bits per heavy atom. The Kier molecular flexibility index (Phi) is 3.15. The van der Waals surface area contributed by atoms with Crippen LogP contribution in [0.15, 0.2) is 12.1 Å². The zero-order valence-electron chi connectivity index (χ0n) is 8.56. The van der Waals surface area contributed by atoms with E-state index in [9.17, 15) is 13.9 Å². The molecular formula is C11H12ClF2NO. The topological polar surface area (TPSA) is 32.3 Å². The van der Waals surface area contributed by atoms with E-state index < -0.39 is 17.2 Å². The standard InChI is InChI=1S/C11H12ClF2NO/c12-8-1-2-9(13)7(10(8)14)5-11(16)3-4-15-6-11/h1-2,15-16H,3-6H2. The number of aliphatic hydroxyl groups is 1. The molecule has 0 aromatic heterocycles. The monoisotopic (exact) mass is 247 g/mol. The number of rotatable bonds is 2. The molecule has 1 aromatic carbocycles. The molecule has 1 fully saturated rings. The fraction of sp³-hybridized carbons (Fsp3) is 0.455. The number of β-amino-alcohol motifs (C(OH)–C–C–N with tert-alkyl or cyclic N) is 1. The molecule has 2 N–H and O–H groups in total. The van der Waals surface area contributed by atoms with Crippen LogP contribution in [-0.2, 0) is 6.42 Å². The Morgan fingerprint density at radius 1 is 1.44 bits per heavy atom. The van der Waals surface area contributed by atoms with E-state index >= 15 is 0 Å². The molecule has 2 nitrogen and oxygen atoms in total. The highest BCUT2D eigenvalue weighted by Gasteiger charge is 2.33. The summed E-state index contributed by atoms with van der Waals surface area (Å²) in [5.41, 5.74) is -1.22. The molecule has 1 aliphatic rings. The number of nitrogens with one attached hydrogen (secondary N) is 1. The van der Waals surface area contributed by atoms with Gasteiger partial charge in [0.1, 0.15) is 11.6 Å². The van der Waals surface area contributed by atoms with E-state index in [0.29, 0.717) is 19.5 Å². The van der Waals surface area contributed by atoms with Crippen LogP contribution in [0.1, 0.15) is 12.0 Å². The Balaban J connectivity index is 2.30. The number of hydrogen-bond donors (Lipinski definition) is 2. The summed E-state index contributed by atoms with van der Waals surface area (Å²) < 4.78 is 27.0. The summed E-state index contributed by atoms with van der Waals surface area (Å²) in [6.07, 6.45) is 0.427. The molecule has 16 heavy (non-hydrogen) atoms. The molecule has 0 bridgehead atoms. The zero-order chi connectivity index (χ0) is 11.8. The van der Waals surface area contributed by atoms with Gasteiger partial charge in [-0.25, -0.2) is 8.78 Å². The van der Waals surface area contributed by atoms with Crippen molar-refractivity contribution < 1.29 is 13.9 Å². The SMILES string of the molecule is OC1(Cc2c(F)ccc(Cl)c2F)CCNC1. The van der Waals surface area contributed by atoms with Crippen molar-refractivity contribution in [2.75, 3.05) is 13.1 Å². The molecule has 88 valence electrons. The van der Waals surface area contributed by atoms with Gasteiger partial charge in [-0.05, 0) is 25.1 Å². The molecule has 1 unspecified atom stereocenters. The highest BCUT2D eigenvalue weighted by atomic mass is 35.5. The van der Waals surface area contributed by atoms with Crippen LogP contribution in [-0.4, -0.2) is 23.8 Å². The minimum atomic E-state index is -1.08. The van der Waals surface area contributed by atoms with Crippen LogP contribution in [0.5, 0.6) is 0 Å². The fourth-order valence-corrected chi connectivity index (χ4v) is 2.12. The maximum atomic E-state index is 13.6. The Hall–Kier alpha value is -0.710. The molecule has 1 aromatic rings. The third-order valence-corrected chi connectivity index (χ3v) is 3.16. The van der Waals surface area contributed by atoms with E-state index in [4.69, 9.17) is 11.6 Å². The lowest BCUT2D eigenvalue weighted by Gasteiger charge is -2.21.